The summed E-state index contributed by atoms with van der Waals surface area (Å²) in [5.41, 5.74) is 19.1. The number of anilines is 8. The van der Waals surface area contributed by atoms with Gasteiger partial charge in [0.15, 0.2) is 0 Å². The molecule has 0 saturated carbocycles. The number of piperazine rings is 3. The fourth-order valence-corrected chi connectivity index (χ4v) is 16.9. The van der Waals surface area contributed by atoms with Crippen LogP contribution in [0.4, 0.5) is 50.0 Å². The minimum Gasteiger partial charge on any atom is -0.394 e. The lowest BCUT2D eigenvalue weighted by Gasteiger charge is -2.42. The minimum atomic E-state index is -0.464. The van der Waals surface area contributed by atoms with Gasteiger partial charge in [-0.2, -0.15) is 15.8 Å². The summed E-state index contributed by atoms with van der Waals surface area (Å²) in [6.07, 6.45) is 7.07. The minimum absolute atomic E-state index is 0.0119. The number of hydrogen-bond acceptors (Lipinski definition) is 16. The van der Waals surface area contributed by atoms with Gasteiger partial charge in [-0.15, -0.1) is 0 Å². The van der Waals surface area contributed by atoms with E-state index in [9.17, 15) is 44.5 Å². The van der Waals surface area contributed by atoms with Crippen LogP contribution in [0.1, 0.15) is 119 Å². The number of nitriles is 3. The Hall–Kier alpha value is -12.3. The molecule has 1 aromatic heterocycles. The van der Waals surface area contributed by atoms with Gasteiger partial charge in [0.25, 0.3) is 17.7 Å². The van der Waals surface area contributed by atoms with E-state index in [1.165, 1.54) is 33.8 Å². The summed E-state index contributed by atoms with van der Waals surface area (Å²) >= 11 is 0. The van der Waals surface area contributed by atoms with E-state index in [0.29, 0.717) is 80.3 Å². The number of benzene rings is 8. The van der Waals surface area contributed by atoms with Gasteiger partial charge >= 0.3 is 0 Å². The number of piperidine rings is 2. The lowest BCUT2D eigenvalue weighted by atomic mass is 9.86. The Morgan fingerprint density at radius 3 is 1.43 bits per heavy atom. The van der Waals surface area contributed by atoms with E-state index in [1.807, 2.05) is 153 Å². The normalized spacial score (nSPS) is 17.4. The van der Waals surface area contributed by atoms with Crippen molar-refractivity contribution >= 4 is 69.3 Å². The highest BCUT2D eigenvalue weighted by molar-refractivity contribution is 6.03. The SMILES string of the molecule is Cc1cc(C)c(C(=O)N2CCN(c3ccc(F)cn3)C(=O)C2)cc1NC1CCN(c2ccccc2C#N)CC1.Cc1cc(C)c(C(=O)N2CCN(c3ccccc3)C(CO)C2)cc1NC1CCN(c2ccccc2)C1.Cc1cc(C)c(C(=O)N2CCN(c3ccccc3C#N)CC2)cc1CC1CCN(c2ccccc2C#N)CC1. The summed E-state index contributed by atoms with van der Waals surface area (Å²) in [5, 5.41) is 45.9. The molecule has 0 radical (unpaired) electrons. The zero-order chi connectivity index (χ0) is 79.9. The first-order valence-corrected chi connectivity index (χ1v) is 40.0. The van der Waals surface area contributed by atoms with Crippen LogP contribution in [0.3, 0.4) is 0 Å². The number of pyridine rings is 1. The van der Waals surface area contributed by atoms with Crippen molar-refractivity contribution in [2.24, 2.45) is 5.92 Å². The molecule has 6 aliphatic heterocycles. The summed E-state index contributed by atoms with van der Waals surface area (Å²) in [7, 11) is 0. The fraction of sp³-hybridized carbons (Fsp3) is 0.355. The van der Waals surface area contributed by atoms with Crippen molar-refractivity contribution in [3.63, 3.8) is 0 Å². The highest BCUT2D eigenvalue weighted by atomic mass is 19.1. The molecule has 9 aromatic rings. The van der Waals surface area contributed by atoms with Crippen molar-refractivity contribution in [2.75, 3.05) is 151 Å². The van der Waals surface area contributed by atoms with Crippen molar-refractivity contribution in [3.05, 3.63) is 266 Å². The van der Waals surface area contributed by atoms with Gasteiger partial charge in [0.1, 0.15) is 36.4 Å². The Bertz CT molecular complexity index is 5040. The lowest BCUT2D eigenvalue weighted by molar-refractivity contribution is -0.120. The molecular formula is C93H102FN15O5. The van der Waals surface area contributed by atoms with Crippen LogP contribution in [0.15, 0.2) is 188 Å². The zero-order valence-electron chi connectivity index (χ0n) is 66.2. The Labute approximate surface area is 669 Å². The number of nitrogens with one attached hydrogen (secondary N) is 2. The second-order valence-electron chi connectivity index (χ2n) is 30.9. The smallest absolute Gasteiger partial charge is 0.254 e. The van der Waals surface area contributed by atoms with Crippen molar-refractivity contribution in [3.8, 4) is 18.2 Å². The average molecular weight is 1530 g/mol. The molecule has 6 saturated heterocycles. The van der Waals surface area contributed by atoms with E-state index >= 15 is 0 Å². The van der Waals surface area contributed by atoms with Gasteiger partial charge in [-0.3, -0.25) is 24.1 Å². The zero-order valence-corrected chi connectivity index (χ0v) is 66.2. The molecule has 4 amide bonds. The van der Waals surface area contributed by atoms with Crippen LogP contribution in [0.25, 0.3) is 0 Å². The van der Waals surface area contributed by atoms with Gasteiger partial charge in [-0.05, 0) is 216 Å². The Morgan fingerprint density at radius 2 is 0.904 bits per heavy atom. The summed E-state index contributed by atoms with van der Waals surface area (Å²) in [4.78, 5) is 75.9. The largest absolute Gasteiger partial charge is 0.394 e. The van der Waals surface area contributed by atoms with Gasteiger partial charge < -0.3 is 54.9 Å². The number of rotatable bonds is 16. The molecule has 586 valence electrons. The van der Waals surface area contributed by atoms with Gasteiger partial charge in [0, 0.05) is 150 Å². The van der Waals surface area contributed by atoms with Crippen molar-refractivity contribution in [1.82, 2.24) is 19.7 Å². The summed E-state index contributed by atoms with van der Waals surface area (Å²) in [6.45, 7) is 23.0. The van der Waals surface area contributed by atoms with E-state index in [4.69, 9.17) is 0 Å². The van der Waals surface area contributed by atoms with E-state index in [-0.39, 0.29) is 48.9 Å². The molecule has 0 spiro atoms. The van der Waals surface area contributed by atoms with Crippen LogP contribution in [0.5, 0.6) is 0 Å². The highest BCUT2D eigenvalue weighted by Gasteiger charge is 2.35. The second-order valence-corrected chi connectivity index (χ2v) is 30.9. The lowest BCUT2D eigenvalue weighted by Crippen LogP contribution is -2.56. The van der Waals surface area contributed by atoms with E-state index in [1.54, 1.807) is 4.90 Å². The quantitative estimate of drug-likeness (QED) is 0.0817. The monoisotopic (exact) mass is 1530 g/mol. The number of hydrogen-bond donors (Lipinski definition) is 3. The molecule has 8 aromatic carbocycles. The third-order valence-electron chi connectivity index (χ3n) is 23.4. The average Bonchev–Trinajstić information content (AvgIpc) is 1.63. The number of aromatic nitrogens is 1. The predicted octanol–water partition coefficient (Wildman–Crippen LogP) is 14.1. The molecule has 6 fully saturated rings. The number of halogens is 1. The maximum absolute atomic E-state index is 13.7. The first-order valence-electron chi connectivity index (χ1n) is 40.0. The van der Waals surface area contributed by atoms with Gasteiger partial charge in [-0.1, -0.05) is 91.0 Å². The van der Waals surface area contributed by atoms with Crippen molar-refractivity contribution in [1.29, 1.82) is 15.8 Å². The molecule has 7 heterocycles. The molecule has 114 heavy (non-hydrogen) atoms. The standard InChI is InChI=1S/C33H35N5O.C30H31FN6O2.C30H36N4O2/c1-24-19-25(2)30(33(39)38-17-15-37(16-18-38)32-10-6-4-8-28(32)23-35)21-29(24)20-26-11-13-36(14-12-26)31-9-5-3-7-27(31)22-34;1-20-15-21(2)26(34-24-9-11-35(12-10-24)27-6-4-3-5-22(27)17-32)16-25(20)30(39)36-13-14-37(29(38)19-36)28-8-7-23(31)18-33-28;1-22-17-23(2)29(31-24-13-14-32(19-24)25-9-5-3-6-10-25)18-28(22)30(36)33-15-16-34(27(20-33)21-35)26-11-7-4-8-12-26/h3-10,19,21,26H,11-18,20H2,1-2H3;3-8,15-16,18,24,34H,9-14,19H2,1-2H3;3-12,17-18,24,27,31,35H,13-16,19-21H2,1-2H3. The van der Waals surface area contributed by atoms with Crippen LogP contribution in [0, 0.1) is 87.3 Å². The van der Waals surface area contributed by atoms with E-state index in [0.717, 1.165) is 176 Å². The number of aliphatic hydroxyl groups excluding tert-OH is 1. The molecule has 0 aliphatic carbocycles. The Morgan fingerprint density at radius 1 is 0.456 bits per heavy atom. The number of carbonyl (C=O) groups is 4. The topological polar surface area (TPSA) is 226 Å². The molecular weight excluding hydrogens is 1430 g/mol. The molecule has 2 unspecified atom stereocenters. The second kappa shape index (κ2) is 36.9. The fourth-order valence-electron chi connectivity index (χ4n) is 16.9. The third-order valence-corrected chi connectivity index (χ3v) is 23.4. The molecule has 21 heteroatoms. The molecule has 6 aliphatic rings. The molecule has 20 nitrogen and oxygen atoms in total. The number of aryl methyl sites for hydroxylation is 6. The first-order chi connectivity index (χ1) is 55.3. The highest BCUT2D eigenvalue weighted by Crippen LogP contribution is 2.35. The number of amides is 4. The maximum atomic E-state index is 13.7. The van der Waals surface area contributed by atoms with Gasteiger partial charge in [-0.25, -0.2) is 9.37 Å². The van der Waals surface area contributed by atoms with Crippen LogP contribution in [-0.2, 0) is 11.2 Å². The van der Waals surface area contributed by atoms with E-state index in [2.05, 4.69) is 127 Å². The number of para-hydroxylation sites is 5. The molecule has 15 rings (SSSR count). The molecule has 2 atom stereocenters. The van der Waals surface area contributed by atoms with Crippen LogP contribution < -0.4 is 40.0 Å². The first kappa shape index (κ1) is 79.8. The van der Waals surface area contributed by atoms with Crippen molar-refractivity contribution < 1.29 is 28.7 Å². The van der Waals surface area contributed by atoms with Crippen molar-refractivity contribution in [2.45, 2.75) is 98.2 Å². The third kappa shape index (κ3) is 18.8. The number of nitrogens with zero attached hydrogens (tertiary/aromatic N) is 13. The van der Waals surface area contributed by atoms with Crippen LogP contribution in [0.2, 0.25) is 0 Å². The molecule has 0 bridgehead atoms. The predicted molar refractivity (Wildman–Crippen MR) is 451 cm³/mol. The summed E-state index contributed by atoms with van der Waals surface area (Å²) < 4.78 is 13.2. The summed E-state index contributed by atoms with van der Waals surface area (Å²) in [6, 6.07) is 66.3. The number of aliphatic hydroxyl groups is 1. The number of carbonyl (C=O) groups excluding carboxylic acids is 4. The van der Waals surface area contributed by atoms with Crippen LogP contribution >= 0.6 is 0 Å². The Kier molecular flexibility index (Phi) is 25.9. The van der Waals surface area contributed by atoms with Gasteiger partial charge in [0.2, 0.25) is 5.91 Å². The van der Waals surface area contributed by atoms with Gasteiger partial charge in [0.05, 0.1) is 52.6 Å². The van der Waals surface area contributed by atoms with E-state index < -0.39 is 5.82 Å². The Balaban J connectivity index is 0.000000149. The summed E-state index contributed by atoms with van der Waals surface area (Å²) in [5.74, 6) is 0.190. The van der Waals surface area contributed by atoms with Crippen LogP contribution in [-0.4, -0.2) is 178 Å². The maximum Gasteiger partial charge on any atom is 0.254 e. The molecule has 3 N–H and O–H groups in total.